The van der Waals surface area contributed by atoms with Gasteiger partial charge in [0, 0.05) is 6.54 Å². The van der Waals surface area contributed by atoms with Crippen molar-refractivity contribution >= 4 is 0 Å². The lowest BCUT2D eigenvalue weighted by Gasteiger charge is -2.07. The van der Waals surface area contributed by atoms with E-state index in [9.17, 15) is 0 Å². The Bertz CT molecular complexity index is 506. The van der Waals surface area contributed by atoms with E-state index in [1.165, 1.54) is 11.1 Å². The summed E-state index contributed by atoms with van der Waals surface area (Å²) in [5.41, 5.74) is 3.48. The molecule has 106 valence electrons. The predicted molar refractivity (Wildman–Crippen MR) is 81.7 cm³/mol. The molecule has 0 spiro atoms. The number of nitrogens with zero attached hydrogens (tertiary/aromatic N) is 1. The smallest absolute Gasteiger partial charge is 0.138 e. The van der Waals surface area contributed by atoms with Crippen molar-refractivity contribution < 1.29 is 4.74 Å². The summed E-state index contributed by atoms with van der Waals surface area (Å²) in [5, 5.41) is 3.33. The van der Waals surface area contributed by atoms with Crippen LogP contribution in [-0.4, -0.2) is 11.5 Å². The number of pyridine rings is 1. The highest BCUT2D eigenvalue weighted by Gasteiger charge is 1.98. The molecule has 0 saturated heterocycles. The Hall–Kier alpha value is -1.87. The molecule has 2 aromatic rings. The first kappa shape index (κ1) is 14.5. The summed E-state index contributed by atoms with van der Waals surface area (Å²) in [4.78, 5) is 4.39. The van der Waals surface area contributed by atoms with E-state index in [1.54, 1.807) is 6.20 Å². The van der Waals surface area contributed by atoms with Crippen molar-refractivity contribution in [2.45, 2.75) is 33.4 Å². The first-order valence-electron chi connectivity index (χ1n) is 7.12. The molecule has 0 bridgehead atoms. The van der Waals surface area contributed by atoms with Gasteiger partial charge in [0.25, 0.3) is 0 Å². The topological polar surface area (TPSA) is 34.1 Å². The van der Waals surface area contributed by atoms with Gasteiger partial charge in [-0.25, -0.2) is 0 Å². The molecule has 0 atom stereocenters. The van der Waals surface area contributed by atoms with E-state index in [4.69, 9.17) is 4.74 Å². The van der Waals surface area contributed by atoms with Gasteiger partial charge in [0.15, 0.2) is 0 Å². The average Bonchev–Trinajstić information content (AvgIpc) is 2.48. The molecule has 3 nitrogen and oxygen atoms in total. The lowest BCUT2D eigenvalue weighted by molar-refractivity contribution is 0.304. The number of hydrogen-bond acceptors (Lipinski definition) is 3. The zero-order chi connectivity index (χ0) is 14.2. The number of ether oxygens (including phenoxy) is 1. The van der Waals surface area contributed by atoms with Crippen LogP contribution in [0.25, 0.3) is 0 Å². The van der Waals surface area contributed by atoms with Crippen LogP contribution in [0.1, 0.15) is 30.2 Å². The van der Waals surface area contributed by atoms with Crippen LogP contribution < -0.4 is 10.1 Å². The lowest BCUT2D eigenvalue weighted by atomic mass is 10.2. The molecule has 0 aliphatic rings. The number of nitrogens with one attached hydrogen (secondary N) is 1. The van der Waals surface area contributed by atoms with Gasteiger partial charge in [-0.3, -0.25) is 4.98 Å². The molecule has 2 rings (SSSR count). The van der Waals surface area contributed by atoms with Crippen LogP contribution in [0.5, 0.6) is 5.75 Å². The fraction of sp³-hybridized carbons (Fsp3) is 0.353. The first-order valence-corrected chi connectivity index (χ1v) is 7.12. The molecule has 1 aromatic carbocycles. The Morgan fingerprint density at radius 2 is 1.90 bits per heavy atom. The summed E-state index contributed by atoms with van der Waals surface area (Å²) in [5.74, 6) is 0.810. The van der Waals surface area contributed by atoms with Gasteiger partial charge in [0.05, 0.1) is 11.9 Å². The van der Waals surface area contributed by atoms with Gasteiger partial charge in [-0.05, 0) is 37.6 Å². The molecule has 20 heavy (non-hydrogen) atoms. The van der Waals surface area contributed by atoms with Crippen LogP contribution in [0.2, 0.25) is 0 Å². The molecule has 0 aliphatic heterocycles. The van der Waals surface area contributed by atoms with Crippen molar-refractivity contribution in [3.05, 3.63) is 59.4 Å². The Labute approximate surface area is 121 Å². The summed E-state index contributed by atoms with van der Waals surface area (Å²) in [6.07, 6.45) is 2.93. The van der Waals surface area contributed by atoms with Crippen LogP contribution in [0.4, 0.5) is 0 Å². The summed E-state index contributed by atoms with van der Waals surface area (Å²) in [6.45, 7) is 6.65. The van der Waals surface area contributed by atoms with E-state index in [0.717, 1.165) is 31.0 Å². The minimum Gasteiger partial charge on any atom is -0.487 e. The summed E-state index contributed by atoms with van der Waals surface area (Å²) < 4.78 is 5.73. The summed E-state index contributed by atoms with van der Waals surface area (Å²) >= 11 is 0. The van der Waals surface area contributed by atoms with E-state index in [1.807, 2.05) is 12.1 Å². The molecule has 0 saturated carbocycles. The van der Waals surface area contributed by atoms with Gasteiger partial charge < -0.3 is 10.1 Å². The van der Waals surface area contributed by atoms with Gasteiger partial charge in [-0.1, -0.05) is 36.8 Å². The van der Waals surface area contributed by atoms with Gasteiger partial charge in [-0.2, -0.15) is 0 Å². The Morgan fingerprint density at radius 1 is 1.10 bits per heavy atom. The predicted octanol–water partition coefficient (Wildman–Crippen LogP) is 3.47. The minimum atomic E-state index is 0.579. The monoisotopic (exact) mass is 270 g/mol. The van der Waals surface area contributed by atoms with Gasteiger partial charge in [0.1, 0.15) is 12.4 Å². The van der Waals surface area contributed by atoms with E-state index in [2.05, 4.69) is 48.4 Å². The minimum absolute atomic E-state index is 0.579. The second-order valence-electron chi connectivity index (χ2n) is 4.94. The Balaban J connectivity index is 1.82. The number of benzene rings is 1. The Morgan fingerprint density at radius 3 is 2.55 bits per heavy atom. The molecule has 0 amide bonds. The molecule has 1 heterocycles. The maximum Gasteiger partial charge on any atom is 0.138 e. The third kappa shape index (κ3) is 4.67. The van der Waals surface area contributed by atoms with Crippen molar-refractivity contribution in [1.29, 1.82) is 0 Å². The SMILES string of the molecule is CCCNCc1ccc(OCc2ccc(C)cc2)cn1. The third-order valence-corrected chi connectivity index (χ3v) is 3.06. The van der Waals surface area contributed by atoms with Crippen LogP contribution in [-0.2, 0) is 13.2 Å². The number of rotatable bonds is 7. The van der Waals surface area contributed by atoms with Crippen molar-refractivity contribution in [2.75, 3.05) is 6.54 Å². The maximum atomic E-state index is 5.73. The maximum absolute atomic E-state index is 5.73. The van der Waals surface area contributed by atoms with E-state index in [0.29, 0.717) is 6.61 Å². The number of aryl methyl sites for hydroxylation is 1. The fourth-order valence-corrected chi connectivity index (χ4v) is 1.85. The van der Waals surface area contributed by atoms with Gasteiger partial charge in [0.2, 0.25) is 0 Å². The van der Waals surface area contributed by atoms with Crippen LogP contribution >= 0.6 is 0 Å². The molecule has 0 radical (unpaired) electrons. The zero-order valence-corrected chi connectivity index (χ0v) is 12.2. The second kappa shape index (κ2) is 7.65. The van der Waals surface area contributed by atoms with Crippen molar-refractivity contribution in [1.82, 2.24) is 10.3 Å². The number of aromatic nitrogens is 1. The normalized spacial score (nSPS) is 10.5. The van der Waals surface area contributed by atoms with Crippen LogP contribution in [0, 0.1) is 6.92 Å². The average molecular weight is 270 g/mol. The highest BCUT2D eigenvalue weighted by molar-refractivity contribution is 5.23. The highest BCUT2D eigenvalue weighted by atomic mass is 16.5. The van der Waals surface area contributed by atoms with Crippen molar-refractivity contribution in [3.8, 4) is 5.75 Å². The standard InChI is InChI=1S/C17H22N2O/c1-3-10-18-11-16-8-9-17(12-19-16)20-13-15-6-4-14(2)5-7-15/h4-9,12,18H,3,10-11,13H2,1-2H3. The van der Waals surface area contributed by atoms with Crippen LogP contribution in [0.15, 0.2) is 42.6 Å². The van der Waals surface area contributed by atoms with Crippen molar-refractivity contribution in [3.63, 3.8) is 0 Å². The summed E-state index contributed by atoms with van der Waals surface area (Å²) in [6, 6.07) is 12.4. The van der Waals surface area contributed by atoms with Crippen LogP contribution in [0.3, 0.4) is 0 Å². The van der Waals surface area contributed by atoms with Gasteiger partial charge >= 0.3 is 0 Å². The first-order chi connectivity index (χ1) is 9.78. The lowest BCUT2D eigenvalue weighted by Crippen LogP contribution is -2.14. The third-order valence-electron chi connectivity index (χ3n) is 3.06. The zero-order valence-electron chi connectivity index (χ0n) is 12.2. The van der Waals surface area contributed by atoms with E-state index >= 15 is 0 Å². The molecule has 0 unspecified atom stereocenters. The second-order valence-corrected chi connectivity index (χ2v) is 4.94. The molecule has 1 N–H and O–H groups in total. The molecular weight excluding hydrogens is 248 g/mol. The quantitative estimate of drug-likeness (QED) is 0.782. The molecular formula is C17H22N2O. The molecule has 0 fully saturated rings. The van der Waals surface area contributed by atoms with E-state index in [-0.39, 0.29) is 0 Å². The largest absolute Gasteiger partial charge is 0.487 e. The van der Waals surface area contributed by atoms with Gasteiger partial charge in [-0.15, -0.1) is 0 Å². The molecule has 3 heteroatoms. The number of hydrogen-bond donors (Lipinski definition) is 1. The Kier molecular flexibility index (Phi) is 5.56. The van der Waals surface area contributed by atoms with Crippen molar-refractivity contribution in [2.24, 2.45) is 0 Å². The van der Waals surface area contributed by atoms with E-state index < -0.39 is 0 Å². The highest BCUT2D eigenvalue weighted by Crippen LogP contribution is 2.12. The molecule has 0 aliphatic carbocycles. The fourth-order valence-electron chi connectivity index (χ4n) is 1.85. The summed E-state index contributed by atoms with van der Waals surface area (Å²) in [7, 11) is 0. The molecule has 1 aromatic heterocycles.